The Labute approximate surface area is 115 Å². The lowest BCUT2D eigenvalue weighted by molar-refractivity contribution is 0.285. The van der Waals surface area contributed by atoms with E-state index in [0.717, 1.165) is 19.5 Å². The number of hydrogen-bond acceptors (Lipinski definition) is 3. The molecule has 0 aromatic heterocycles. The Morgan fingerprint density at radius 1 is 1.44 bits per heavy atom. The van der Waals surface area contributed by atoms with E-state index in [1.54, 1.807) is 0 Å². The van der Waals surface area contributed by atoms with Crippen molar-refractivity contribution in [3.8, 4) is 0 Å². The van der Waals surface area contributed by atoms with E-state index in [1.165, 1.54) is 10.6 Å². The third-order valence-corrected chi connectivity index (χ3v) is 4.84. The van der Waals surface area contributed by atoms with E-state index < -0.39 is 0 Å². The van der Waals surface area contributed by atoms with Crippen LogP contribution >= 0.6 is 11.8 Å². The molecule has 2 nitrogen and oxygen atoms in total. The fourth-order valence-corrected chi connectivity index (χ4v) is 3.13. The Bertz CT molecular complexity index is 407. The molecule has 1 fully saturated rings. The fraction of sp³-hybridized carbons (Fsp3) is 0.600. The van der Waals surface area contributed by atoms with Gasteiger partial charge in [0.1, 0.15) is 0 Å². The molecule has 1 N–H and O–H groups in total. The Kier molecular flexibility index (Phi) is 4.23. The second kappa shape index (κ2) is 5.54. The van der Waals surface area contributed by atoms with Crippen molar-refractivity contribution in [2.45, 2.75) is 43.7 Å². The summed E-state index contributed by atoms with van der Waals surface area (Å²) in [6, 6.07) is 9.30. The van der Waals surface area contributed by atoms with E-state index in [2.05, 4.69) is 61.5 Å². The van der Waals surface area contributed by atoms with Gasteiger partial charge in [-0.2, -0.15) is 0 Å². The summed E-state index contributed by atoms with van der Waals surface area (Å²) in [5, 5.41) is 3.68. The van der Waals surface area contributed by atoms with Gasteiger partial charge in [0.25, 0.3) is 0 Å². The van der Waals surface area contributed by atoms with E-state index in [9.17, 15) is 0 Å². The van der Waals surface area contributed by atoms with E-state index >= 15 is 0 Å². The molecule has 100 valence electrons. The van der Waals surface area contributed by atoms with Gasteiger partial charge in [0.05, 0.1) is 5.69 Å². The van der Waals surface area contributed by atoms with Crippen LogP contribution < -0.4 is 10.2 Å². The minimum Gasteiger partial charge on any atom is -0.365 e. The van der Waals surface area contributed by atoms with Gasteiger partial charge in [-0.15, -0.1) is 11.8 Å². The molecule has 1 aliphatic heterocycles. The zero-order valence-electron chi connectivity index (χ0n) is 11.9. The van der Waals surface area contributed by atoms with Crippen LogP contribution in [0.15, 0.2) is 29.2 Å². The number of piperazine rings is 1. The van der Waals surface area contributed by atoms with Crippen LogP contribution in [-0.2, 0) is 0 Å². The van der Waals surface area contributed by atoms with Gasteiger partial charge in [0.15, 0.2) is 0 Å². The van der Waals surface area contributed by atoms with Crippen molar-refractivity contribution in [1.82, 2.24) is 5.32 Å². The highest BCUT2D eigenvalue weighted by molar-refractivity contribution is 7.98. The van der Waals surface area contributed by atoms with Crippen molar-refractivity contribution >= 4 is 17.4 Å². The molecule has 1 aliphatic rings. The van der Waals surface area contributed by atoms with Crippen LogP contribution in [0.25, 0.3) is 0 Å². The molecular formula is C15H24N2S. The second-order valence-corrected chi connectivity index (χ2v) is 6.29. The highest BCUT2D eigenvalue weighted by atomic mass is 32.2. The highest BCUT2D eigenvalue weighted by Crippen LogP contribution is 2.32. The Morgan fingerprint density at radius 2 is 2.17 bits per heavy atom. The van der Waals surface area contributed by atoms with Gasteiger partial charge in [0, 0.05) is 29.6 Å². The smallest absolute Gasteiger partial charge is 0.0507 e. The van der Waals surface area contributed by atoms with Crippen molar-refractivity contribution in [2.75, 3.05) is 24.2 Å². The Balaban J connectivity index is 2.30. The number of para-hydroxylation sites is 1. The minimum atomic E-state index is 0.234. The molecule has 0 saturated carbocycles. The molecule has 1 heterocycles. The number of thioether (sulfide) groups is 1. The second-order valence-electron chi connectivity index (χ2n) is 5.44. The van der Waals surface area contributed by atoms with E-state index in [1.807, 2.05) is 11.8 Å². The number of nitrogens with zero attached hydrogens (tertiary/aromatic N) is 1. The standard InChI is InChI=1S/C15H24N2S/c1-5-15(3)11-17(12(2)10-16-15)13-8-6-7-9-14(13)18-4/h6-9,12,16H,5,10-11H2,1-4H3. The maximum absolute atomic E-state index is 3.68. The van der Waals surface area contributed by atoms with E-state index in [-0.39, 0.29) is 5.54 Å². The molecule has 0 bridgehead atoms. The highest BCUT2D eigenvalue weighted by Gasteiger charge is 2.33. The largest absolute Gasteiger partial charge is 0.365 e. The molecule has 3 heteroatoms. The molecule has 0 spiro atoms. The molecule has 2 unspecified atom stereocenters. The Hall–Kier alpha value is -0.670. The molecule has 0 radical (unpaired) electrons. The van der Waals surface area contributed by atoms with Gasteiger partial charge in [-0.3, -0.25) is 0 Å². The summed E-state index contributed by atoms with van der Waals surface area (Å²) in [6.45, 7) is 9.05. The van der Waals surface area contributed by atoms with Gasteiger partial charge in [-0.25, -0.2) is 0 Å². The SMILES string of the molecule is CCC1(C)CN(c2ccccc2SC)C(C)CN1. The predicted octanol–water partition coefficient (Wildman–Crippen LogP) is 3.38. The number of rotatable bonds is 3. The van der Waals surface area contributed by atoms with Crippen LogP contribution in [0.2, 0.25) is 0 Å². The number of anilines is 1. The third kappa shape index (κ3) is 2.67. The first-order valence-electron chi connectivity index (χ1n) is 6.74. The lowest BCUT2D eigenvalue weighted by Crippen LogP contribution is -2.62. The Morgan fingerprint density at radius 3 is 2.83 bits per heavy atom. The molecular weight excluding hydrogens is 240 g/mol. The molecule has 2 rings (SSSR count). The number of nitrogens with one attached hydrogen (secondary N) is 1. The van der Waals surface area contributed by atoms with E-state index in [0.29, 0.717) is 6.04 Å². The third-order valence-electron chi connectivity index (χ3n) is 4.05. The summed E-state index contributed by atoms with van der Waals surface area (Å²) in [5.74, 6) is 0. The fourth-order valence-electron chi connectivity index (χ4n) is 2.52. The first-order chi connectivity index (χ1) is 8.59. The average molecular weight is 264 g/mol. The van der Waals surface area contributed by atoms with Crippen LogP contribution in [0.3, 0.4) is 0 Å². The topological polar surface area (TPSA) is 15.3 Å². The lowest BCUT2D eigenvalue weighted by atomic mass is 9.93. The van der Waals surface area contributed by atoms with Crippen LogP contribution in [0.5, 0.6) is 0 Å². The summed E-state index contributed by atoms with van der Waals surface area (Å²) in [4.78, 5) is 3.94. The van der Waals surface area contributed by atoms with Crippen LogP contribution in [0, 0.1) is 0 Å². The zero-order valence-corrected chi connectivity index (χ0v) is 12.7. The number of benzene rings is 1. The van der Waals surface area contributed by atoms with Gasteiger partial charge < -0.3 is 10.2 Å². The van der Waals surface area contributed by atoms with E-state index in [4.69, 9.17) is 0 Å². The summed E-state index contributed by atoms with van der Waals surface area (Å²) >= 11 is 1.84. The first kappa shape index (κ1) is 13.8. The monoisotopic (exact) mass is 264 g/mol. The van der Waals surface area contributed by atoms with Crippen molar-refractivity contribution in [3.05, 3.63) is 24.3 Å². The molecule has 0 aliphatic carbocycles. The predicted molar refractivity (Wildman–Crippen MR) is 81.7 cm³/mol. The van der Waals surface area contributed by atoms with Gasteiger partial charge >= 0.3 is 0 Å². The number of hydrogen-bond donors (Lipinski definition) is 1. The van der Waals surface area contributed by atoms with Crippen LogP contribution in [0.1, 0.15) is 27.2 Å². The normalized spacial score (nSPS) is 28.4. The first-order valence-corrected chi connectivity index (χ1v) is 7.97. The molecule has 18 heavy (non-hydrogen) atoms. The average Bonchev–Trinajstić information content (AvgIpc) is 2.42. The maximum Gasteiger partial charge on any atom is 0.0507 e. The lowest BCUT2D eigenvalue weighted by Gasteiger charge is -2.46. The van der Waals surface area contributed by atoms with Crippen molar-refractivity contribution < 1.29 is 0 Å². The van der Waals surface area contributed by atoms with Crippen molar-refractivity contribution in [2.24, 2.45) is 0 Å². The summed E-state index contributed by atoms with van der Waals surface area (Å²) in [6.07, 6.45) is 3.32. The molecule has 1 saturated heterocycles. The summed E-state index contributed by atoms with van der Waals surface area (Å²) in [5.41, 5.74) is 1.62. The van der Waals surface area contributed by atoms with Crippen molar-refractivity contribution in [3.63, 3.8) is 0 Å². The van der Waals surface area contributed by atoms with Gasteiger partial charge in [-0.1, -0.05) is 19.1 Å². The molecule has 0 amide bonds. The molecule has 1 aromatic carbocycles. The van der Waals surface area contributed by atoms with Crippen LogP contribution in [-0.4, -0.2) is 30.9 Å². The van der Waals surface area contributed by atoms with Gasteiger partial charge in [0.2, 0.25) is 0 Å². The summed E-state index contributed by atoms with van der Waals surface area (Å²) < 4.78 is 0. The maximum atomic E-state index is 3.68. The molecule has 1 aromatic rings. The van der Waals surface area contributed by atoms with Crippen molar-refractivity contribution in [1.29, 1.82) is 0 Å². The quantitative estimate of drug-likeness (QED) is 0.843. The van der Waals surface area contributed by atoms with Gasteiger partial charge in [-0.05, 0) is 38.7 Å². The zero-order chi connectivity index (χ0) is 13.2. The van der Waals surface area contributed by atoms with Crippen LogP contribution in [0.4, 0.5) is 5.69 Å². The minimum absolute atomic E-state index is 0.234. The molecule has 2 atom stereocenters. The summed E-state index contributed by atoms with van der Waals surface area (Å²) in [7, 11) is 0.